The number of nitrogens with zero attached hydrogens (tertiary/aromatic N) is 2. The van der Waals surface area contributed by atoms with Gasteiger partial charge in [-0.15, -0.1) is 0 Å². The number of rotatable bonds is 6. The summed E-state index contributed by atoms with van der Waals surface area (Å²) in [4.78, 5) is 11.3. The van der Waals surface area contributed by atoms with E-state index in [4.69, 9.17) is 10.8 Å². The Hall–Kier alpha value is -2.14. The molecule has 1 aromatic carbocycles. The smallest absolute Gasteiger partial charge is 0.248 e. The molecule has 0 bridgehead atoms. The number of hydrogen-bond donors (Lipinski definition) is 2. The second-order valence-electron chi connectivity index (χ2n) is 6.72. The number of amides is 1. The van der Waals surface area contributed by atoms with Gasteiger partial charge >= 0.3 is 0 Å². The second-order valence-corrected chi connectivity index (χ2v) is 6.72. The molecule has 3 rings (SSSR count). The zero-order valence-corrected chi connectivity index (χ0v) is 14.3. The van der Waals surface area contributed by atoms with Crippen molar-refractivity contribution in [2.24, 2.45) is 12.8 Å². The van der Waals surface area contributed by atoms with Gasteiger partial charge in [0.05, 0.1) is 5.69 Å². The van der Waals surface area contributed by atoms with Gasteiger partial charge in [-0.25, -0.2) is 0 Å². The molecule has 0 unspecified atom stereocenters. The maximum atomic E-state index is 11.3. The van der Waals surface area contributed by atoms with Gasteiger partial charge in [0.1, 0.15) is 0 Å². The Bertz CT molecular complexity index is 701. The first-order valence-corrected chi connectivity index (χ1v) is 8.75. The quantitative estimate of drug-likeness (QED) is 0.857. The lowest BCUT2D eigenvalue weighted by atomic mass is 9.85. The molecular weight excluding hydrogens is 300 g/mol. The van der Waals surface area contributed by atoms with Gasteiger partial charge in [0.15, 0.2) is 0 Å². The molecule has 1 heterocycles. The minimum Gasteiger partial charge on any atom is -0.366 e. The summed E-state index contributed by atoms with van der Waals surface area (Å²) in [6.45, 7) is 1.50. The van der Waals surface area contributed by atoms with Gasteiger partial charge in [0.2, 0.25) is 5.91 Å². The number of aromatic nitrogens is 2. The molecule has 1 fully saturated rings. The highest BCUT2D eigenvalue weighted by Gasteiger charge is 2.21. The fourth-order valence-corrected chi connectivity index (χ4v) is 3.59. The number of primary amides is 1. The van der Waals surface area contributed by atoms with Crippen LogP contribution in [-0.2, 0) is 20.1 Å². The van der Waals surface area contributed by atoms with Crippen LogP contribution in [0.4, 0.5) is 0 Å². The molecule has 0 saturated heterocycles. The number of nitrogens with two attached hydrogens (primary N) is 1. The van der Waals surface area contributed by atoms with Crippen LogP contribution in [0.1, 0.15) is 65.2 Å². The molecule has 0 aliphatic heterocycles. The molecule has 1 aliphatic carbocycles. The standard InChI is InChI=1S/C19H26N4O/c1-23-13-17(18(22-23)15-7-3-2-4-8-15)12-21-11-14-6-5-9-16(10-14)19(20)24/h5-6,9-10,13,15,21H,2-4,7-8,11-12H2,1H3,(H2,20,24). The number of nitrogens with one attached hydrogen (secondary N) is 1. The summed E-state index contributed by atoms with van der Waals surface area (Å²) in [6, 6.07) is 7.47. The van der Waals surface area contributed by atoms with Crippen molar-refractivity contribution in [2.45, 2.75) is 51.1 Å². The molecule has 1 aromatic heterocycles. The van der Waals surface area contributed by atoms with Gasteiger partial charge in [-0.3, -0.25) is 9.48 Å². The highest BCUT2D eigenvalue weighted by atomic mass is 16.1. The van der Waals surface area contributed by atoms with Crippen LogP contribution in [0, 0.1) is 0 Å². The van der Waals surface area contributed by atoms with Crippen molar-refractivity contribution in [3.63, 3.8) is 0 Å². The summed E-state index contributed by atoms with van der Waals surface area (Å²) in [6.07, 6.45) is 8.61. The minimum atomic E-state index is -0.385. The maximum Gasteiger partial charge on any atom is 0.248 e. The number of aryl methyl sites for hydroxylation is 1. The average Bonchev–Trinajstić information content (AvgIpc) is 2.97. The van der Waals surface area contributed by atoms with Crippen LogP contribution in [-0.4, -0.2) is 15.7 Å². The Kier molecular flexibility index (Phi) is 5.30. The summed E-state index contributed by atoms with van der Waals surface area (Å²) < 4.78 is 1.93. The highest BCUT2D eigenvalue weighted by molar-refractivity contribution is 5.92. The van der Waals surface area contributed by atoms with Crippen molar-refractivity contribution in [1.29, 1.82) is 0 Å². The lowest BCUT2D eigenvalue weighted by Gasteiger charge is -2.21. The van der Waals surface area contributed by atoms with E-state index in [2.05, 4.69) is 11.5 Å². The Morgan fingerprint density at radius 1 is 1.29 bits per heavy atom. The monoisotopic (exact) mass is 326 g/mol. The molecule has 1 saturated carbocycles. The van der Waals surface area contributed by atoms with E-state index in [0.717, 1.165) is 12.1 Å². The first-order chi connectivity index (χ1) is 11.6. The SMILES string of the molecule is Cn1cc(CNCc2cccc(C(N)=O)c2)c(C2CCCCC2)n1. The fraction of sp³-hybridized carbons (Fsp3) is 0.474. The van der Waals surface area contributed by atoms with Gasteiger partial charge < -0.3 is 11.1 Å². The van der Waals surface area contributed by atoms with Crippen molar-refractivity contribution in [3.8, 4) is 0 Å². The zero-order valence-electron chi connectivity index (χ0n) is 14.3. The number of hydrogen-bond acceptors (Lipinski definition) is 3. The van der Waals surface area contributed by atoms with E-state index in [1.807, 2.05) is 29.9 Å². The predicted molar refractivity (Wildman–Crippen MR) is 94.5 cm³/mol. The van der Waals surface area contributed by atoms with Crippen molar-refractivity contribution >= 4 is 5.91 Å². The zero-order chi connectivity index (χ0) is 16.9. The van der Waals surface area contributed by atoms with E-state index in [1.165, 1.54) is 43.4 Å². The molecular formula is C19H26N4O. The van der Waals surface area contributed by atoms with Gasteiger partial charge in [0, 0.05) is 43.4 Å². The number of carbonyl (C=O) groups excluding carboxylic acids is 1. The second kappa shape index (κ2) is 7.62. The Labute approximate surface area is 143 Å². The lowest BCUT2D eigenvalue weighted by Crippen LogP contribution is -2.16. The number of benzene rings is 1. The first-order valence-electron chi connectivity index (χ1n) is 8.75. The van der Waals surface area contributed by atoms with Crippen LogP contribution < -0.4 is 11.1 Å². The number of carbonyl (C=O) groups is 1. The summed E-state index contributed by atoms with van der Waals surface area (Å²) in [7, 11) is 1.99. The summed E-state index contributed by atoms with van der Waals surface area (Å²) in [5.41, 5.74) is 9.50. The van der Waals surface area contributed by atoms with Crippen LogP contribution in [0.5, 0.6) is 0 Å². The predicted octanol–water partition coefficient (Wildman–Crippen LogP) is 2.86. The normalized spacial score (nSPS) is 15.5. The molecule has 0 radical (unpaired) electrons. The molecule has 1 amide bonds. The third-order valence-electron chi connectivity index (χ3n) is 4.79. The van der Waals surface area contributed by atoms with Crippen LogP contribution in [0.25, 0.3) is 0 Å². The summed E-state index contributed by atoms with van der Waals surface area (Å²) in [5.74, 6) is 0.221. The summed E-state index contributed by atoms with van der Waals surface area (Å²) >= 11 is 0. The van der Waals surface area contributed by atoms with Gasteiger partial charge in [-0.05, 0) is 30.5 Å². The average molecular weight is 326 g/mol. The van der Waals surface area contributed by atoms with Crippen molar-refractivity contribution in [2.75, 3.05) is 0 Å². The van der Waals surface area contributed by atoms with Gasteiger partial charge in [0.25, 0.3) is 0 Å². The summed E-state index contributed by atoms with van der Waals surface area (Å²) in [5, 5.41) is 8.18. The van der Waals surface area contributed by atoms with E-state index >= 15 is 0 Å². The van der Waals surface area contributed by atoms with E-state index in [0.29, 0.717) is 18.0 Å². The van der Waals surface area contributed by atoms with Crippen LogP contribution in [0.3, 0.4) is 0 Å². The Morgan fingerprint density at radius 3 is 2.83 bits per heavy atom. The van der Waals surface area contributed by atoms with Crippen LogP contribution >= 0.6 is 0 Å². The molecule has 1 aliphatic rings. The molecule has 128 valence electrons. The Balaban J connectivity index is 1.62. The molecule has 24 heavy (non-hydrogen) atoms. The minimum absolute atomic E-state index is 0.385. The fourth-order valence-electron chi connectivity index (χ4n) is 3.59. The van der Waals surface area contributed by atoms with E-state index in [1.54, 1.807) is 6.07 Å². The van der Waals surface area contributed by atoms with Gasteiger partial charge in [-0.2, -0.15) is 5.10 Å². The maximum absolute atomic E-state index is 11.3. The molecule has 2 aromatic rings. The highest BCUT2D eigenvalue weighted by Crippen LogP contribution is 2.33. The third kappa shape index (κ3) is 4.03. The molecule has 0 atom stereocenters. The van der Waals surface area contributed by atoms with Crippen molar-refractivity contribution in [1.82, 2.24) is 15.1 Å². The molecule has 3 N–H and O–H groups in total. The third-order valence-corrected chi connectivity index (χ3v) is 4.79. The van der Waals surface area contributed by atoms with E-state index in [9.17, 15) is 4.79 Å². The lowest BCUT2D eigenvalue weighted by molar-refractivity contribution is 0.1000. The molecule has 0 spiro atoms. The largest absolute Gasteiger partial charge is 0.366 e. The van der Waals surface area contributed by atoms with Gasteiger partial charge in [-0.1, -0.05) is 31.4 Å². The van der Waals surface area contributed by atoms with E-state index < -0.39 is 0 Å². The van der Waals surface area contributed by atoms with Crippen LogP contribution in [0.15, 0.2) is 30.5 Å². The van der Waals surface area contributed by atoms with Crippen molar-refractivity contribution < 1.29 is 4.79 Å². The first kappa shape index (κ1) is 16.7. The topological polar surface area (TPSA) is 72.9 Å². The molecule has 5 nitrogen and oxygen atoms in total. The van der Waals surface area contributed by atoms with E-state index in [-0.39, 0.29) is 5.91 Å². The van der Waals surface area contributed by atoms with Crippen molar-refractivity contribution in [3.05, 3.63) is 52.8 Å². The Morgan fingerprint density at radius 2 is 2.08 bits per heavy atom. The van der Waals surface area contributed by atoms with Crippen LogP contribution in [0.2, 0.25) is 0 Å². The molecule has 5 heteroatoms.